The number of aromatic nitrogens is 2. The van der Waals surface area contributed by atoms with Gasteiger partial charge in [0.2, 0.25) is 0 Å². The molecule has 0 aromatic carbocycles. The average Bonchev–Trinajstić information content (AvgIpc) is 3.12. The summed E-state index contributed by atoms with van der Waals surface area (Å²) >= 11 is 0.988. The molecule has 1 N–H and O–H groups in total. The number of carbonyl (C=O) groups is 3. The van der Waals surface area contributed by atoms with Crippen molar-refractivity contribution in [1.82, 2.24) is 9.78 Å². The molecule has 0 bridgehead atoms. The molecule has 2 aromatic rings. The molecule has 2 heterocycles. The fraction of sp³-hybridized carbons (Fsp3) is 0.444. The zero-order valence-corrected chi connectivity index (χ0v) is 16.9. The Labute approximate surface area is 161 Å². The third-order valence-corrected chi connectivity index (χ3v) is 5.01. The van der Waals surface area contributed by atoms with E-state index in [1.807, 2.05) is 13.8 Å². The maximum atomic E-state index is 12.5. The number of amides is 1. The van der Waals surface area contributed by atoms with E-state index in [9.17, 15) is 14.4 Å². The van der Waals surface area contributed by atoms with Crippen molar-refractivity contribution >= 4 is 34.2 Å². The summed E-state index contributed by atoms with van der Waals surface area (Å²) in [6.07, 6.45) is 0.661. The molecule has 1 amide bonds. The summed E-state index contributed by atoms with van der Waals surface area (Å²) in [5.41, 5.74) is 1.62. The lowest BCUT2D eigenvalue weighted by Crippen LogP contribution is -2.16. The summed E-state index contributed by atoms with van der Waals surface area (Å²) in [4.78, 5) is 37.4. The van der Waals surface area contributed by atoms with Crippen LogP contribution < -0.4 is 5.32 Å². The average molecular weight is 393 g/mol. The first-order chi connectivity index (χ1) is 12.8. The van der Waals surface area contributed by atoms with Crippen LogP contribution in [0.15, 0.2) is 6.07 Å². The van der Waals surface area contributed by atoms with Crippen LogP contribution in [0.5, 0.6) is 0 Å². The lowest BCUT2D eigenvalue weighted by Gasteiger charge is -2.07. The highest BCUT2D eigenvalue weighted by atomic mass is 32.1. The second kappa shape index (κ2) is 8.81. The Balaban J connectivity index is 2.39. The molecule has 0 aliphatic carbocycles. The van der Waals surface area contributed by atoms with E-state index in [1.165, 1.54) is 0 Å². The molecule has 0 unspecified atom stereocenters. The number of nitrogens with zero attached hydrogens (tertiary/aromatic N) is 2. The Morgan fingerprint density at radius 1 is 1.19 bits per heavy atom. The molecule has 0 fully saturated rings. The first kappa shape index (κ1) is 20.6. The minimum Gasteiger partial charge on any atom is -0.462 e. The predicted molar refractivity (Wildman–Crippen MR) is 101 cm³/mol. The predicted octanol–water partition coefficient (Wildman–Crippen LogP) is 3.09. The minimum absolute atomic E-state index is 0.164. The lowest BCUT2D eigenvalue weighted by molar-refractivity contribution is 0.0506. The van der Waals surface area contributed by atoms with Crippen LogP contribution in [0.1, 0.15) is 62.0 Å². The summed E-state index contributed by atoms with van der Waals surface area (Å²) in [7, 11) is 1.73. The molecule has 2 aromatic heterocycles. The second-order valence-electron chi connectivity index (χ2n) is 5.87. The fourth-order valence-electron chi connectivity index (χ4n) is 2.34. The van der Waals surface area contributed by atoms with Gasteiger partial charge in [0.05, 0.1) is 18.8 Å². The summed E-state index contributed by atoms with van der Waals surface area (Å²) in [6, 6.07) is 1.64. The molecule has 0 saturated heterocycles. The van der Waals surface area contributed by atoms with Crippen LogP contribution in [-0.4, -0.2) is 40.8 Å². The Hall–Kier alpha value is -2.68. The third kappa shape index (κ3) is 4.54. The molecule has 0 saturated carbocycles. The van der Waals surface area contributed by atoms with Gasteiger partial charge >= 0.3 is 11.9 Å². The summed E-state index contributed by atoms with van der Waals surface area (Å²) < 4.78 is 11.8. The van der Waals surface area contributed by atoms with Crippen LogP contribution in [-0.2, 0) is 16.5 Å². The molecule has 8 nitrogen and oxygen atoms in total. The van der Waals surface area contributed by atoms with Crippen molar-refractivity contribution < 1.29 is 23.9 Å². The number of rotatable bonds is 7. The van der Waals surface area contributed by atoms with Crippen molar-refractivity contribution in [2.45, 2.75) is 34.1 Å². The number of nitrogens with one attached hydrogen (secondary N) is 1. The van der Waals surface area contributed by atoms with Crippen LogP contribution in [0.3, 0.4) is 0 Å². The topological polar surface area (TPSA) is 99.5 Å². The van der Waals surface area contributed by atoms with Gasteiger partial charge in [0.25, 0.3) is 5.91 Å². The zero-order valence-electron chi connectivity index (χ0n) is 16.0. The van der Waals surface area contributed by atoms with Gasteiger partial charge in [-0.3, -0.25) is 9.48 Å². The monoisotopic (exact) mass is 393 g/mol. The van der Waals surface area contributed by atoms with E-state index >= 15 is 0 Å². The Morgan fingerprint density at radius 3 is 2.44 bits per heavy atom. The zero-order chi connectivity index (χ0) is 20.1. The van der Waals surface area contributed by atoms with Gasteiger partial charge in [-0.15, -0.1) is 11.3 Å². The maximum Gasteiger partial charge on any atom is 0.348 e. The molecule has 0 spiro atoms. The first-order valence-corrected chi connectivity index (χ1v) is 9.41. The van der Waals surface area contributed by atoms with Crippen LogP contribution in [0.25, 0.3) is 0 Å². The quantitative estimate of drug-likeness (QED) is 0.726. The number of anilines is 1. The molecular formula is C18H23N3O5S. The highest BCUT2D eigenvalue weighted by Gasteiger charge is 2.28. The van der Waals surface area contributed by atoms with Crippen LogP contribution in [0.2, 0.25) is 0 Å². The third-order valence-electron chi connectivity index (χ3n) is 3.82. The Kier molecular flexibility index (Phi) is 6.73. The minimum atomic E-state index is -0.589. The molecule has 0 radical (unpaired) electrons. The summed E-state index contributed by atoms with van der Waals surface area (Å²) in [5, 5.41) is 7.04. The number of carbonyl (C=O) groups excluding carboxylic acids is 3. The van der Waals surface area contributed by atoms with Gasteiger partial charge in [0.1, 0.15) is 9.88 Å². The van der Waals surface area contributed by atoms with Gasteiger partial charge < -0.3 is 14.8 Å². The van der Waals surface area contributed by atoms with Gasteiger partial charge in [0, 0.05) is 12.7 Å². The van der Waals surface area contributed by atoms with E-state index in [2.05, 4.69) is 10.4 Å². The molecule has 0 aliphatic heterocycles. The second-order valence-corrected chi connectivity index (χ2v) is 6.89. The molecule has 0 aliphatic rings. The maximum absolute atomic E-state index is 12.5. The first-order valence-electron chi connectivity index (χ1n) is 8.59. The van der Waals surface area contributed by atoms with Crippen molar-refractivity contribution in [2.75, 3.05) is 18.5 Å². The molecule has 2 rings (SSSR count). The van der Waals surface area contributed by atoms with Crippen molar-refractivity contribution in [3.8, 4) is 0 Å². The van der Waals surface area contributed by atoms with Crippen LogP contribution in [0, 0.1) is 13.8 Å². The highest BCUT2D eigenvalue weighted by molar-refractivity contribution is 7.18. The summed E-state index contributed by atoms with van der Waals surface area (Å²) in [6.45, 7) is 7.49. The number of thiophene rings is 1. The van der Waals surface area contributed by atoms with E-state index in [1.54, 1.807) is 31.6 Å². The van der Waals surface area contributed by atoms with Gasteiger partial charge in [0.15, 0.2) is 5.69 Å². The Bertz CT molecular complexity index is 849. The molecule has 9 heteroatoms. The number of ether oxygens (including phenoxy) is 2. The van der Waals surface area contributed by atoms with Crippen molar-refractivity contribution in [1.29, 1.82) is 0 Å². The smallest absolute Gasteiger partial charge is 0.348 e. The number of esters is 2. The Morgan fingerprint density at radius 2 is 1.89 bits per heavy atom. The van der Waals surface area contributed by atoms with Crippen molar-refractivity contribution in [3.05, 3.63) is 33.5 Å². The number of aryl methyl sites for hydroxylation is 2. The van der Waals surface area contributed by atoms with Gasteiger partial charge in [-0.25, -0.2) is 9.59 Å². The lowest BCUT2D eigenvalue weighted by atomic mass is 10.1. The van der Waals surface area contributed by atoms with Gasteiger partial charge in [-0.2, -0.15) is 5.10 Å². The van der Waals surface area contributed by atoms with E-state index in [0.717, 1.165) is 17.0 Å². The van der Waals surface area contributed by atoms with E-state index in [4.69, 9.17) is 9.47 Å². The normalized spacial score (nSPS) is 10.6. The van der Waals surface area contributed by atoms with Crippen molar-refractivity contribution in [3.63, 3.8) is 0 Å². The molecular weight excluding hydrogens is 370 g/mol. The van der Waals surface area contributed by atoms with E-state index < -0.39 is 17.8 Å². The van der Waals surface area contributed by atoms with Crippen LogP contribution in [0.4, 0.5) is 5.00 Å². The van der Waals surface area contributed by atoms with Crippen LogP contribution >= 0.6 is 11.3 Å². The highest BCUT2D eigenvalue weighted by Crippen LogP contribution is 2.34. The van der Waals surface area contributed by atoms with Gasteiger partial charge in [-0.1, -0.05) is 6.92 Å². The standard InChI is InChI=1S/C18H23N3O5S/c1-6-8-26-17(23)13-11(4)14(18(24)25-7-2)27-16(13)19-15(22)12-9-10(3)21(5)20-12/h9H,6-8H2,1-5H3,(H,19,22). The number of hydrogen-bond donors (Lipinski definition) is 1. The van der Waals surface area contributed by atoms with E-state index in [-0.39, 0.29) is 34.3 Å². The molecule has 27 heavy (non-hydrogen) atoms. The summed E-state index contributed by atoms with van der Waals surface area (Å²) in [5.74, 6) is -1.60. The fourth-order valence-corrected chi connectivity index (χ4v) is 3.43. The largest absolute Gasteiger partial charge is 0.462 e. The van der Waals surface area contributed by atoms with E-state index in [0.29, 0.717) is 12.0 Å². The van der Waals surface area contributed by atoms with Gasteiger partial charge in [-0.05, 0) is 38.8 Å². The van der Waals surface area contributed by atoms with Crippen molar-refractivity contribution in [2.24, 2.45) is 7.05 Å². The molecule has 0 atom stereocenters. The number of hydrogen-bond acceptors (Lipinski definition) is 7. The molecule has 146 valence electrons. The SMILES string of the molecule is CCCOC(=O)c1c(NC(=O)c2cc(C)n(C)n2)sc(C(=O)OCC)c1C.